The Bertz CT molecular complexity index is 1220. The van der Waals surface area contributed by atoms with Crippen molar-refractivity contribution in [3.05, 3.63) is 83.9 Å². The number of anilines is 4. The van der Waals surface area contributed by atoms with Gasteiger partial charge in [0, 0.05) is 30.0 Å². The molecule has 1 heterocycles. The number of urea groups is 1. The Balaban J connectivity index is 1.56. The molecule has 1 aliphatic rings. The van der Waals surface area contributed by atoms with Gasteiger partial charge in [0.2, 0.25) is 0 Å². The molecule has 1 fully saturated rings. The first-order valence-electron chi connectivity index (χ1n) is 12.1. The summed E-state index contributed by atoms with van der Waals surface area (Å²) in [5.74, 6) is -0.711. The van der Waals surface area contributed by atoms with Gasteiger partial charge < -0.3 is 25.6 Å². The molecule has 3 N–H and O–H groups in total. The normalized spacial score (nSPS) is 13.3. The van der Waals surface area contributed by atoms with Crippen LogP contribution in [0.25, 0.3) is 0 Å². The van der Waals surface area contributed by atoms with Crippen LogP contribution in [0.4, 0.5) is 27.5 Å². The number of nitrogens with zero attached hydrogens (tertiary/aromatic N) is 1. The highest BCUT2D eigenvalue weighted by molar-refractivity contribution is 6.06. The Labute approximate surface area is 210 Å². The number of carbonyl (C=O) groups is 3. The Morgan fingerprint density at radius 3 is 2.14 bits per heavy atom. The maximum atomic E-state index is 12.9. The smallest absolute Gasteiger partial charge is 0.337 e. The molecule has 1 aliphatic heterocycles. The number of hydrogen-bond acceptors (Lipinski definition) is 5. The molecule has 186 valence electrons. The number of nitrogens with one attached hydrogen (secondary N) is 3. The molecule has 0 unspecified atom stereocenters. The third-order valence-electron chi connectivity index (χ3n) is 6.03. The van der Waals surface area contributed by atoms with E-state index in [0.29, 0.717) is 28.2 Å². The molecule has 8 heteroatoms. The Morgan fingerprint density at radius 1 is 0.722 bits per heavy atom. The lowest BCUT2D eigenvalue weighted by atomic mass is 10.1. The fourth-order valence-corrected chi connectivity index (χ4v) is 4.22. The standard InChI is InChI=1S/C28H30N4O4/c1-36-27(34)21-12-9-13-22(18-21)30-28(35)31-24-19-23(29-26(33)20-10-5-4-6-11-20)14-15-25(24)32-16-7-2-3-8-17-32/h4-6,9-15,18-19H,2-3,7-8,16-17H2,1H3,(H,29,33)(H2,30,31,35). The van der Waals surface area contributed by atoms with Crippen LogP contribution in [0.3, 0.4) is 0 Å². The number of methoxy groups -OCH3 is 1. The fourth-order valence-electron chi connectivity index (χ4n) is 4.22. The van der Waals surface area contributed by atoms with Crippen LogP contribution >= 0.6 is 0 Å². The van der Waals surface area contributed by atoms with Crippen molar-refractivity contribution in [2.75, 3.05) is 41.0 Å². The maximum Gasteiger partial charge on any atom is 0.337 e. The second kappa shape index (κ2) is 11.9. The van der Waals surface area contributed by atoms with Gasteiger partial charge in [-0.1, -0.05) is 37.1 Å². The molecular formula is C28H30N4O4. The predicted octanol–water partition coefficient (Wildman–Crippen LogP) is 5.75. The van der Waals surface area contributed by atoms with E-state index in [0.717, 1.165) is 31.6 Å². The van der Waals surface area contributed by atoms with Crippen LogP contribution in [0.15, 0.2) is 72.8 Å². The second-order valence-corrected chi connectivity index (χ2v) is 8.60. The molecule has 0 spiro atoms. The lowest BCUT2D eigenvalue weighted by molar-refractivity contribution is 0.0600. The summed E-state index contributed by atoms with van der Waals surface area (Å²) >= 11 is 0. The molecule has 8 nitrogen and oxygen atoms in total. The van der Waals surface area contributed by atoms with Gasteiger partial charge in [-0.3, -0.25) is 4.79 Å². The lowest BCUT2D eigenvalue weighted by Gasteiger charge is -2.26. The van der Waals surface area contributed by atoms with Gasteiger partial charge in [0.05, 0.1) is 24.0 Å². The molecule has 4 rings (SSSR count). The van der Waals surface area contributed by atoms with Crippen LogP contribution in [0.5, 0.6) is 0 Å². The first-order valence-corrected chi connectivity index (χ1v) is 12.1. The van der Waals surface area contributed by atoms with Crippen molar-refractivity contribution in [1.82, 2.24) is 0 Å². The second-order valence-electron chi connectivity index (χ2n) is 8.60. The van der Waals surface area contributed by atoms with Gasteiger partial charge in [-0.05, 0) is 61.4 Å². The van der Waals surface area contributed by atoms with E-state index >= 15 is 0 Å². The molecule has 0 aromatic heterocycles. The molecule has 3 aromatic rings. The van der Waals surface area contributed by atoms with Gasteiger partial charge >= 0.3 is 12.0 Å². The summed E-state index contributed by atoms with van der Waals surface area (Å²) in [6.45, 7) is 1.79. The minimum absolute atomic E-state index is 0.229. The summed E-state index contributed by atoms with van der Waals surface area (Å²) < 4.78 is 4.75. The molecule has 0 bridgehead atoms. The highest BCUT2D eigenvalue weighted by atomic mass is 16.5. The molecule has 36 heavy (non-hydrogen) atoms. The van der Waals surface area contributed by atoms with Crippen molar-refractivity contribution in [2.24, 2.45) is 0 Å². The van der Waals surface area contributed by atoms with Gasteiger partial charge in [-0.15, -0.1) is 0 Å². The van der Waals surface area contributed by atoms with Gasteiger partial charge in [-0.25, -0.2) is 9.59 Å². The van der Waals surface area contributed by atoms with E-state index in [1.807, 2.05) is 30.3 Å². The molecule has 3 aromatic carbocycles. The topological polar surface area (TPSA) is 99.8 Å². The number of amides is 3. The highest BCUT2D eigenvalue weighted by Crippen LogP contribution is 2.31. The highest BCUT2D eigenvalue weighted by Gasteiger charge is 2.17. The van der Waals surface area contributed by atoms with Crippen LogP contribution in [0.2, 0.25) is 0 Å². The SMILES string of the molecule is COC(=O)c1cccc(NC(=O)Nc2cc(NC(=O)c3ccccc3)ccc2N2CCCCCC2)c1. The monoisotopic (exact) mass is 486 g/mol. The Hall–Kier alpha value is -4.33. The maximum absolute atomic E-state index is 12.9. The van der Waals surface area contributed by atoms with Crippen molar-refractivity contribution >= 4 is 40.7 Å². The molecule has 0 atom stereocenters. The number of carbonyl (C=O) groups excluding carboxylic acids is 3. The van der Waals surface area contributed by atoms with Gasteiger partial charge in [-0.2, -0.15) is 0 Å². The molecule has 0 aliphatic carbocycles. The number of hydrogen-bond donors (Lipinski definition) is 3. The third kappa shape index (κ3) is 6.41. The van der Waals surface area contributed by atoms with E-state index < -0.39 is 12.0 Å². The molecule has 0 radical (unpaired) electrons. The third-order valence-corrected chi connectivity index (χ3v) is 6.03. The molecular weight excluding hydrogens is 456 g/mol. The van der Waals surface area contributed by atoms with Gasteiger partial charge in [0.25, 0.3) is 5.91 Å². The van der Waals surface area contributed by atoms with Crippen molar-refractivity contribution in [3.63, 3.8) is 0 Å². The number of esters is 1. The van der Waals surface area contributed by atoms with E-state index in [2.05, 4.69) is 20.9 Å². The summed E-state index contributed by atoms with van der Waals surface area (Å²) in [5.41, 5.74) is 3.40. The van der Waals surface area contributed by atoms with Crippen molar-refractivity contribution < 1.29 is 19.1 Å². The van der Waals surface area contributed by atoms with E-state index in [1.165, 1.54) is 20.0 Å². The zero-order valence-corrected chi connectivity index (χ0v) is 20.3. The van der Waals surface area contributed by atoms with Crippen LogP contribution in [-0.4, -0.2) is 38.1 Å². The molecule has 3 amide bonds. The van der Waals surface area contributed by atoms with Crippen molar-refractivity contribution in [1.29, 1.82) is 0 Å². The van der Waals surface area contributed by atoms with Gasteiger partial charge in [0.1, 0.15) is 0 Å². The quantitative estimate of drug-likeness (QED) is 0.385. The van der Waals surface area contributed by atoms with E-state index in [4.69, 9.17) is 4.74 Å². The molecule has 1 saturated heterocycles. The van der Waals surface area contributed by atoms with E-state index in [-0.39, 0.29) is 5.91 Å². The Morgan fingerprint density at radius 2 is 1.42 bits per heavy atom. The van der Waals surface area contributed by atoms with Crippen molar-refractivity contribution in [2.45, 2.75) is 25.7 Å². The van der Waals surface area contributed by atoms with Crippen LogP contribution in [-0.2, 0) is 4.74 Å². The average Bonchev–Trinajstić information content (AvgIpc) is 3.18. The predicted molar refractivity (Wildman–Crippen MR) is 142 cm³/mol. The van der Waals surface area contributed by atoms with E-state index in [9.17, 15) is 14.4 Å². The van der Waals surface area contributed by atoms with Crippen LogP contribution in [0.1, 0.15) is 46.4 Å². The average molecular weight is 487 g/mol. The summed E-state index contributed by atoms with van der Waals surface area (Å²) in [4.78, 5) is 39.7. The summed E-state index contributed by atoms with van der Waals surface area (Å²) in [6.07, 6.45) is 4.53. The largest absolute Gasteiger partial charge is 0.465 e. The lowest BCUT2D eigenvalue weighted by Crippen LogP contribution is -2.27. The number of ether oxygens (including phenoxy) is 1. The fraction of sp³-hybridized carbons (Fsp3) is 0.250. The van der Waals surface area contributed by atoms with Crippen molar-refractivity contribution in [3.8, 4) is 0 Å². The zero-order valence-electron chi connectivity index (χ0n) is 20.3. The van der Waals surface area contributed by atoms with E-state index in [1.54, 1.807) is 42.5 Å². The molecule has 0 saturated carbocycles. The Kier molecular flexibility index (Phi) is 8.18. The first kappa shape index (κ1) is 24.8. The number of rotatable bonds is 6. The minimum atomic E-state index is -0.482. The van der Waals surface area contributed by atoms with Crippen LogP contribution in [0, 0.1) is 0 Å². The van der Waals surface area contributed by atoms with Crippen LogP contribution < -0.4 is 20.9 Å². The minimum Gasteiger partial charge on any atom is -0.465 e. The van der Waals surface area contributed by atoms with Gasteiger partial charge in [0.15, 0.2) is 0 Å². The summed E-state index contributed by atoms with van der Waals surface area (Å²) in [6, 6.07) is 20.6. The number of benzene rings is 3. The summed E-state index contributed by atoms with van der Waals surface area (Å²) in [5, 5.41) is 8.62. The zero-order chi connectivity index (χ0) is 25.3. The summed E-state index contributed by atoms with van der Waals surface area (Å²) in [7, 11) is 1.31. The first-order chi connectivity index (χ1) is 17.5.